The van der Waals surface area contributed by atoms with E-state index in [4.69, 9.17) is 37.9 Å². The number of unbranched alkanes of at least 4 members (excludes halogenated alkanes) is 4. The van der Waals surface area contributed by atoms with E-state index in [0.29, 0.717) is 78.5 Å². The highest BCUT2D eigenvalue weighted by Gasteiger charge is 2.34. The standard InChI is InChI=1S/C29H56N4O8.C21H40N4O8/c1-30-25(34)13-5-9-17-38-21-29(22-39-18-10-6-14-26(35)31-2,23-40-19-11-7-15-27(36)32-3)24-41-20-12-8-16-28(37)33-4;1-22-17(26)5-9-30-13-21(14-31-10-6-18(27)23-2,15-32-11-7-19(28)24-3)16-33-12-8-20(29)25-4/h5-24H2,1-4H3,(H,30,34)(H,31,35)(H,32,36)(H,33,37);5-16H2,1-4H3,(H,22,26)(H,23,27)(H,24,28)(H,25,29). The predicted molar refractivity (Wildman–Crippen MR) is 278 cm³/mol. The Morgan fingerprint density at radius 1 is 0.230 bits per heavy atom. The average molecular weight is 1070 g/mol. The average Bonchev–Trinajstić information content (AvgIpc) is 3.41. The quantitative estimate of drug-likeness (QED) is 0.0380. The fraction of sp³-hybridized carbons (Fsp3) is 0.840. The molecule has 24 nitrogen and oxygen atoms in total. The van der Waals surface area contributed by atoms with E-state index in [-0.39, 0.29) is 126 Å². The van der Waals surface area contributed by atoms with Crippen molar-refractivity contribution in [2.45, 2.75) is 103 Å². The van der Waals surface area contributed by atoms with Crippen LogP contribution in [0.15, 0.2) is 0 Å². The number of nitrogens with one attached hydrogen (secondary N) is 8. The number of carbonyl (C=O) groups is 8. The Morgan fingerprint density at radius 3 is 0.541 bits per heavy atom. The summed E-state index contributed by atoms with van der Waals surface area (Å²) in [4.78, 5) is 91.8. The van der Waals surface area contributed by atoms with E-state index in [0.717, 1.165) is 51.4 Å². The maximum Gasteiger partial charge on any atom is 0.222 e. The van der Waals surface area contributed by atoms with Gasteiger partial charge >= 0.3 is 0 Å². The zero-order valence-corrected chi connectivity index (χ0v) is 46.2. The van der Waals surface area contributed by atoms with Crippen LogP contribution in [-0.4, -0.2) is 209 Å². The molecule has 0 atom stereocenters. The molecule has 0 aromatic rings. The normalized spacial score (nSPS) is 11.1. The van der Waals surface area contributed by atoms with Crippen LogP contribution in [0.2, 0.25) is 0 Å². The third-order valence-electron chi connectivity index (χ3n) is 11.2. The Labute approximate surface area is 440 Å². The van der Waals surface area contributed by atoms with E-state index >= 15 is 0 Å². The van der Waals surface area contributed by atoms with Gasteiger partial charge in [0.2, 0.25) is 47.3 Å². The van der Waals surface area contributed by atoms with Crippen molar-refractivity contribution in [3.8, 4) is 0 Å². The van der Waals surface area contributed by atoms with Gasteiger partial charge in [-0.05, 0) is 51.4 Å². The van der Waals surface area contributed by atoms with Gasteiger partial charge in [0.05, 0.1) is 90.1 Å². The molecule has 8 amide bonds. The van der Waals surface area contributed by atoms with Gasteiger partial charge in [0, 0.05) is 134 Å². The lowest BCUT2D eigenvalue weighted by atomic mass is 9.92. The Morgan fingerprint density at radius 2 is 0.378 bits per heavy atom. The molecular weight excluding hydrogens is 969 g/mol. The molecule has 0 aromatic heterocycles. The topological polar surface area (TPSA) is 307 Å². The second-order valence-corrected chi connectivity index (χ2v) is 17.6. The molecule has 0 aromatic carbocycles. The van der Waals surface area contributed by atoms with Gasteiger partial charge in [0.25, 0.3) is 0 Å². The van der Waals surface area contributed by atoms with Crippen molar-refractivity contribution in [1.29, 1.82) is 0 Å². The van der Waals surface area contributed by atoms with E-state index in [1.54, 1.807) is 56.4 Å². The zero-order valence-electron chi connectivity index (χ0n) is 46.2. The molecule has 0 saturated carbocycles. The lowest BCUT2D eigenvalue weighted by Gasteiger charge is -2.33. The molecule has 74 heavy (non-hydrogen) atoms. The predicted octanol–water partition coefficient (Wildman–Crippen LogP) is 0.288. The largest absolute Gasteiger partial charge is 0.381 e. The first-order valence-corrected chi connectivity index (χ1v) is 25.9. The van der Waals surface area contributed by atoms with Crippen molar-refractivity contribution in [3.63, 3.8) is 0 Å². The van der Waals surface area contributed by atoms with Crippen molar-refractivity contribution in [1.82, 2.24) is 42.5 Å². The molecule has 0 rings (SSSR count). The van der Waals surface area contributed by atoms with Crippen molar-refractivity contribution in [2.75, 3.05) is 162 Å². The first-order chi connectivity index (χ1) is 35.6. The van der Waals surface area contributed by atoms with Gasteiger partial charge < -0.3 is 80.4 Å². The maximum atomic E-state index is 11.5. The van der Waals surface area contributed by atoms with Crippen LogP contribution in [0.3, 0.4) is 0 Å². The van der Waals surface area contributed by atoms with Crippen LogP contribution in [0, 0.1) is 10.8 Å². The fourth-order valence-corrected chi connectivity index (χ4v) is 6.43. The summed E-state index contributed by atoms with van der Waals surface area (Å²) in [6.45, 7) is 4.85. The van der Waals surface area contributed by atoms with Crippen LogP contribution in [-0.2, 0) is 76.3 Å². The first-order valence-electron chi connectivity index (χ1n) is 25.9. The third-order valence-corrected chi connectivity index (χ3v) is 11.2. The van der Waals surface area contributed by atoms with Crippen LogP contribution in [0.5, 0.6) is 0 Å². The summed E-state index contributed by atoms with van der Waals surface area (Å²) in [7, 11) is 12.7. The minimum absolute atomic E-state index is 0.0128. The minimum Gasteiger partial charge on any atom is -0.381 e. The van der Waals surface area contributed by atoms with Crippen molar-refractivity contribution >= 4 is 47.3 Å². The van der Waals surface area contributed by atoms with E-state index in [1.165, 1.54) is 0 Å². The smallest absolute Gasteiger partial charge is 0.222 e. The molecule has 0 bridgehead atoms. The van der Waals surface area contributed by atoms with Crippen LogP contribution < -0.4 is 42.5 Å². The first kappa shape index (κ1) is 71.5. The highest BCUT2D eigenvalue weighted by atomic mass is 16.5. The molecule has 0 spiro atoms. The van der Waals surface area contributed by atoms with Gasteiger partial charge in [-0.1, -0.05) is 0 Å². The number of ether oxygens (including phenoxy) is 8. The summed E-state index contributed by atoms with van der Waals surface area (Å²) in [6, 6.07) is 0. The molecule has 432 valence electrons. The van der Waals surface area contributed by atoms with Gasteiger partial charge in [0.15, 0.2) is 0 Å². The number of rotatable bonds is 48. The number of amides is 8. The molecular formula is C50H96N8O16. The Balaban J connectivity index is 0. The second-order valence-electron chi connectivity index (χ2n) is 17.6. The van der Waals surface area contributed by atoms with Gasteiger partial charge in [-0.25, -0.2) is 0 Å². The molecule has 0 radical (unpaired) electrons. The molecule has 8 N–H and O–H groups in total. The lowest BCUT2D eigenvalue weighted by molar-refractivity contribution is -0.129. The highest BCUT2D eigenvalue weighted by Crippen LogP contribution is 2.23. The molecule has 24 heteroatoms. The SMILES string of the molecule is CNC(=O)CCCCOCC(COCCCCC(=O)NC)(COCCCCC(=O)NC)COCCCCC(=O)NC.CNC(=O)CCOCC(COCCC(=O)NC)(COCCC(=O)NC)COCCC(=O)NC. The zero-order chi connectivity index (χ0) is 55.6. The Kier molecular flexibility index (Phi) is 47.7. The van der Waals surface area contributed by atoms with E-state index in [1.807, 2.05) is 0 Å². The summed E-state index contributed by atoms with van der Waals surface area (Å²) in [5, 5.41) is 20.6. The summed E-state index contributed by atoms with van der Waals surface area (Å²) in [5.74, 6) is -0.537. The molecule has 0 heterocycles. The molecule has 0 aliphatic rings. The summed E-state index contributed by atoms with van der Waals surface area (Å²) in [5.41, 5.74) is -1.32. The third kappa shape index (κ3) is 42.8. The summed E-state index contributed by atoms with van der Waals surface area (Å²) < 4.78 is 47.2. The molecule has 0 unspecified atom stereocenters. The molecule has 0 fully saturated rings. The van der Waals surface area contributed by atoms with Crippen molar-refractivity contribution in [2.24, 2.45) is 10.8 Å². The summed E-state index contributed by atoms with van der Waals surface area (Å²) >= 11 is 0. The fourth-order valence-electron chi connectivity index (χ4n) is 6.43. The van der Waals surface area contributed by atoms with E-state index < -0.39 is 10.8 Å². The summed E-state index contributed by atoms with van der Waals surface area (Å²) in [6.07, 6.45) is 8.57. The number of hydrogen-bond donors (Lipinski definition) is 8. The monoisotopic (exact) mass is 1060 g/mol. The molecule has 0 saturated heterocycles. The second kappa shape index (κ2) is 49.3. The van der Waals surface area contributed by atoms with E-state index in [9.17, 15) is 38.4 Å². The van der Waals surface area contributed by atoms with Crippen molar-refractivity contribution < 1.29 is 76.3 Å². The van der Waals surface area contributed by atoms with Gasteiger partial charge in [0.1, 0.15) is 0 Å². The van der Waals surface area contributed by atoms with Crippen LogP contribution in [0.4, 0.5) is 0 Å². The number of hydrogen-bond acceptors (Lipinski definition) is 16. The van der Waals surface area contributed by atoms with E-state index in [2.05, 4.69) is 42.5 Å². The Hall–Kier alpha value is -4.56. The minimum atomic E-state index is -0.767. The van der Waals surface area contributed by atoms with Crippen LogP contribution >= 0.6 is 0 Å². The van der Waals surface area contributed by atoms with Crippen LogP contribution in [0.1, 0.15) is 103 Å². The Bertz CT molecular complexity index is 1290. The lowest BCUT2D eigenvalue weighted by Crippen LogP contribution is -2.42. The number of carbonyl (C=O) groups excluding carboxylic acids is 8. The van der Waals surface area contributed by atoms with Gasteiger partial charge in [-0.2, -0.15) is 0 Å². The van der Waals surface area contributed by atoms with Gasteiger partial charge in [-0.15, -0.1) is 0 Å². The molecule has 0 aliphatic heterocycles. The van der Waals surface area contributed by atoms with Crippen LogP contribution in [0.25, 0.3) is 0 Å². The maximum absolute atomic E-state index is 11.5. The molecule has 0 aliphatic carbocycles. The van der Waals surface area contributed by atoms with Gasteiger partial charge in [-0.3, -0.25) is 38.4 Å². The van der Waals surface area contributed by atoms with Crippen molar-refractivity contribution in [3.05, 3.63) is 0 Å². The highest BCUT2D eigenvalue weighted by molar-refractivity contribution is 5.77.